The van der Waals surface area contributed by atoms with Crippen molar-refractivity contribution in [2.24, 2.45) is 0 Å². The third-order valence-electron chi connectivity index (χ3n) is 4.92. The Hall–Kier alpha value is -1.31. The molecule has 0 heterocycles. The first-order valence-corrected chi connectivity index (χ1v) is 6.89. The second kappa shape index (κ2) is 4.11. The van der Waals surface area contributed by atoms with Crippen LogP contribution in [0.4, 0.5) is 0 Å². The van der Waals surface area contributed by atoms with Crippen LogP contribution in [0.15, 0.2) is 30.3 Å². The number of carbonyl (C=O) groups is 1. The number of hydrogen-bond donors (Lipinski definition) is 0. The van der Waals surface area contributed by atoms with E-state index < -0.39 is 0 Å². The van der Waals surface area contributed by atoms with Gasteiger partial charge < -0.3 is 4.74 Å². The Morgan fingerprint density at radius 1 is 1.00 bits per heavy atom. The van der Waals surface area contributed by atoms with Crippen LogP contribution >= 0.6 is 0 Å². The molecule has 2 bridgehead atoms. The highest BCUT2D eigenvalue weighted by Crippen LogP contribution is 2.54. The van der Waals surface area contributed by atoms with Gasteiger partial charge in [-0.1, -0.05) is 30.3 Å². The molecule has 18 heavy (non-hydrogen) atoms. The van der Waals surface area contributed by atoms with Crippen molar-refractivity contribution >= 4 is 5.97 Å². The van der Waals surface area contributed by atoms with Gasteiger partial charge in [0, 0.05) is 6.92 Å². The Labute approximate surface area is 108 Å². The van der Waals surface area contributed by atoms with Crippen LogP contribution < -0.4 is 0 Å². The van der Waals surface area contributed by atoms with Crippen molar-refractivity contribution in [3.05, 3.63) is 35.9 Å². The van der Waals surface area contributed by atoms with Crippen LogP contribution in [0.25, 0.3) is 0 Å². The number of fused-ring (bicyclic) bond motifs is 3. The monoisotopic (exact) mass is 244 g/mol. The third kappa shape index (κ3) is 1.84. The molecule has 0 aliphatic heterocycles. The number of benzene rings is 1. The van der Waals surface area contributed by atoms with Crippen LogP contribution in [0.1, 0.15) is 51.0 Å². The lowest BCUT2D eigenvalue weighted by Crippen LogP contribution is -2.50. The minimum atomic E-state index is -0.137. The average molecular weight is 244 g/mol. The van der Waals surface area contributed by atoms with Gasteiger partial charge in [0.2, 0.25) is 0 Å². The molecule has 4 rings (SSSR count). The van der Waals surface area contributed by atoms with E-state index in [4.69, 9.17) is 4.74 Å². The van der Waals surface area contributed by atoms with E-state index in [0.717, 1.165) is 38.5 Å². The highest BCUT2D eigenvalue weighted by Gasteiger charge is 2.51. The summed E-state index contributed by atoms with van der Waals surface area (Å²) >= 11 is 0. The molecule has 2 heteroatoms. The maximum absolute atomic E-state index is 11.2. The van der Waals surface area contributed by atoms with E-state index in [1.165, 1.54) is 12.5 Å². The molecule has 3 saturated carbocycles. The van der Waals surface area contributed by atoms with Gasteiger partial charge in [-0.3, -0.25) is 4.79 Å². The molecule has 0 saturated heterocycles. The Bertz CT molecular complexity index is 425. The second-order valence-corrected chi connectivity index (χ2v) is 5.92. The fraction of sp³-hybridized carbons (Fsp3) is 0.562. The van der Waals surface area contributed by atoms with Crippen molar-refractivity contribution in [3.63, 3.8) is 0 Å². The van der Waals surface area contributed by atoms with E-state index in [-0.39, 0.29) is 11.6 Å². The van der Waals surface area contributed by atoms with Gasteiger partial charge in [0.1, 0.15) is 5.60 Å². The lowest BCUT2D eigenvalue weighted by atomic mass is 9.56. The van der Waals surface area contributed by atoms with Crippen molar-refractivity contribution in [3.8, 4) is 0 Å². The molecule has 1 aromatic rings. The molecule has 0 radical (unpaired) electrons. The first-order valence-electron chi connectivity index (χ1n) is 6.89. The molecule has 3 aliphatic carbocycles. The standard InChI is InChI=1S/C16H20O2/c1-13(17)18-16-10-7-15(8-11-16,9-12-16)14-5-3-2-4-6-14/h2-6H,7-12H2,1H3. The van der Waals surface area contributed by atoms with E-state index in [2.05, 4.69) is 30.3 Å². The van der Waals surface area contributed by atoms with E-state index >= 15 is 0 Å². The van der Waals surface area contributed by atoms with Crippen LogP contribution in [-0.2, 0) is 14.9 Å². The minimum Gasteiger partial charge on any atom is -0.459 e. The summed E-state index contributed by atoms with van der Waals surface area (Å²) in [5.74, 6) is -0.121. The van der Waals surface area contributed by atoms with Gasteiger partial charge in [-0.05, 0) is 49.5 Å². The first kappa shape index (κ1) is 11.8. The topological polar surface area (TPSA) is 26.3 Å². The maximum atomic E-state index is 11.2. The number of ether oxygens (including phenoxy) is 1. The summed E-state index contributed by atoms with van der Waals surface area (Å²) in [6.45, 7) is 1.53. The normalized spacial score (nSPS) is 34.3. The molecule has 3 fully saturated rings. The number of rotatable bonds is 2. The summed E-state index contributed by atoms with van der Waals surface area (Å²) in [7, 11) is 0. The Morgan fingerprint density at radius 3 is 2.06 bits per heavy atom. The van der Waals surface area contributed by atoms with E-state index in [0.29, 0.717) is 5.41 Å². The summed E-state index contributed by atoms with van der Waals surface area (Å²) in [4.78, 5) is 11.2. The maximum Gasteiger partial charge on any atom is 0.303 e. The summed E-state index contributed by atoms with van der Waals surface area (Å²) in [5, 5.41) is 0. The quantitative estimate of drug-likeness (QED) is 0.743. The molecule has 0 unspecified atom stereocenters. The van der Waals surface area contributed by atoms with Crippen LogP contribution in [0.2, 0.25) is 0 Å². The van der Waals surface area contributed by atoms with Crippen LogP contribution in [0.5, 0.6) is 0 Å². The summed E-state index contributed by atoms with van der Waals surface area (Å²) in [5.41, 5.74) is 1.69. The SMILES string of the molecule is CC(=O)OC12CCC(c3ccccc3)(CC1)CC2. The summed E-state index contributed by atoms with van der Waals surface area (Å²) in [6, 6.07) is 10.8. The molecule has 2 nitrogen and oxygen atoms in total. The molecule has 0 aromatic heterocycles. The van der Waals surface area contributed by atoms with Crippen molar-refractivity contribution in [1.82, 2.24) is 0 Å². The molecular weight excluding hydrogens is 224 g/mol. The fourth-order valence-corrected chi connectivity index (χ4v) is 3.83. The Balaban J connectivity index is 1.81. The minimum absolute atomic E-state index is 0.121. The lowest BCUT2D eigenvalue weighted by Gasteiger charge is -2.52. The fourth-order valence-electron chi connectivity index (χ4n) is 3.83. The van der Waals surface area contributed by atoms with Gasteiger partial charge in [-0.2, -0.15) is 0 Å². The number of esters is 1. The van der Waals surface area contributed by atoms with Gasteiger partial charge in [0.15, 0.2) is 0 Å². The predicted molar refractivity (Wildman–Crippen MR) is 70.3 cm³/mol. The molecule has 96 valence electrons. The summed E-state index contributed by atoms with van der Waals surface area (Å²) in [6.07, 6.45) is 6.56. The summed E-state index contributed by atoms with van der Waals surface area (Å²) < 4.78 is 5.61. The van der Waals surface area contributed by atoms with Gasteiger partial charge in [0.25, 0.3) is 0 Å². The number of carbonyl (C=O) groups excluding carboxylic acids is 1. The van der Waals surface area contributed by atoms with E-state index in [1.54, 1.807) is 0 Å². The highest BCUT2D eigenvalue weighted by atomic mass is 16.6. The van der Waals surface area contributed by atoms with Gasteiger partial charge >= 0.3 is 5.97 Å². The largest absolute Gasteiger partial charge is 0.459 e. The average Bonchev–Trinajstić information content (AvgIpc) is 2.41. The Kier molecular flexibility index (Phi) is 2.69. The van der Waals surface area contributed by atoms with E-state index in [1.807, 2.05) is 0 Å². The molecule has 0 amide bonds. The molecule has 0 atom stereocenters. The van der Waals surface area contributed by atoms with Gasteiger partial charge in [-0.15, -0.1) is 0 Å². The zero-order valence-corrected chi connectivity index (χ0v) is 10.9. The zero-order valence-electron chi connectivity index (χ0n) is 10.9. The van der Waals surface area contributed by atoms with Crippen molar-refractivity contribution < 1.29 is 9.53 Å². The van der Waals surface area contributed by atoms with Gasteiger partial charge in [0.05, 0.1) is 0 Å². The molecule has 0 N–H and O–H groups in total. The van der Waals surface area contributed by atoms with Crippen LogP contribution in [0, 0.1) is 0 Å². The van der Waals surface area contributed by atoms with Crippen molar-refractivity contribution in [2.45, 2.75) is 56.5 Å². The van der Waals surface area contributed by atoms with Crippen molar-refractivity contribution in [1.29, 1.82) is 0 Å². The second-order valence-electron chi connectivity index (χ2n) is 5.92. The molecule has 0 spiro atoms. The predicted octanol–water partition coefficient (Wildman–Crippen LogP) is 3.59. The molecule has 1 aromatic carbocycles. The molecule has 3 aliphatic rings. The van der Waals surface area contributed by atoms with Gasteiger partial charge in [-0.25, -0.2) is 0 Å². The van der Waals surface area contributed by atoms with Crippen LogP contribution in [0.3, 0.4) is 0 Å². The van der Waals surface area contributed by atoms with Crippen molar-refractivity contribution in [2.75, 3.05) is 0 Å². The zero-order chi connectivity index (χ0) is 12.6. The third-order valence-corrected chi connectivity index (χ3v) is 4.92. The number of hydrogen-bond acceptors (Lipinski definition) is 2. The highest BCUT2D eigenvalue weighted by molar-refractivity contribution is 5.66. The van der Waals surface area contributed by atoms with Crippen LogP contribution in [-0.4, -0.2) is 11.6 Å². The first-order chi connectivity index (χ1) is 8.64. The smallest absolute Gasteiger partial charge is 0.303 e. The lowest BCUT2D eigenvalue weighted by molar-refractivity contribution is -0.169. The van der Waals surface area contributed by atoms with E-state index in [9.17, 15) is 4.79 Å². The Morgan fingerprint density at radius 2 is 1.56 bits per heavy atom. The molecular formula is C16H20O2.